The minimum Gasteiger partial charge on any atom is -0.392 e. The maximum Gasteiger partial charge on any atom is 0.290 e. The minimum absolute atomic E-state index is 0.0682. The first-order valence-electron chi connectivity index (χ1n) is 12.5. The van der Waals surface area contributed by atoms with Gasteiger partial charge in [-0.25, -0.2) is 4.68 Å². The standard InChI is InChI=1S/C28H28N6O3/c1-32-12-11-26(31-32)29-24-15-23(30-33(2)28(24)37)21-4-3-5-25(22(21)16-35)34-13-10-19-14-18(17-6-7-17)8-9-20(19)27(34)36/h3-5,8-9,11-12,14-15,17,35H,6-7,10,13,16H2,1-2H3,(H,29,31). The van der Waals surface area contributed by atoms with Crippen molar-refractivity contribution < 1.29 is 9.90 Å². The summed E-state index contributed by atoms with van der Waals surface area (Å²) in [5.74, 6) is 1.11. The molecule has 1 saturated carbocycles. The van der Waals surface area contributed by atoms with Crippen molar-refractivity contribution >= 4 is 23.1 Å². The highest BCUT2D eigenvalue weighted by Crippen LogP contribution is 2.41. The third-order valence-electron chi connectivity index (χ3n) is 7.17. The Kier molecular flexibility index (Phi) is 5.64. The molecule has 188 valence electrons. The van der Waals surface area contributed by atoms with Crippen LogP contribution in [-0.4, -0.2) is 37.1 Å². The summed E-state index contributed by atoms with van der Waals surface area (Å²) < 4.78 is 2.90. The summed E-state index contributed by atoms with van der Waals surface area (Å²) >= 11 is 0. The predicted octanol–water partition coefficient (Wildman–Crippen LogP) is 3.50. The quantitative estimate of drug-likeness (QED) is 0.423. The highest BCUT2D eigenvalue weighted by Gasteiger charge is 2.30. The fourth-order valence-corrected chi connectivity index (χ4v) is 5.09. The molecule has 9 heteroatoms. The normalized spacial score (nSPS) is 15.1. The van der Waals surface area contributed by atoms with Gasteiger partial charge >= 0.3 is 0 Å². The molecule has 4 aromatic rings. The van der Waals surface area contributed by atoms with Crippen LogP contribution in [0.3, 0.4) is 0 Å². The van der Waals surface area contributed by atoms with Gasteiger partial charge in [0.25, 0.3) is 11.5 Å². The van der Waals surface area contributed by atoms with E-state index in [-0.39, 0.29) is 18.1 Å². The second-order valence-corrected chi connectivity index (χ2v) is 9.73. The van der Waals surface area contributed by atoms with Crippen LogP contribution >= 0.6 is 0 Å². The third kappa shape index (κ3) is 4.21. The van der Waals surface area contributed by atoms with E-state index in [9.17, 15) is 14.7 Å². The van der Waals surface area contributed by atoms with Gasteiger partial charge in [0.15, 0.2) is 5.82 Å². The van der Waals surface area contributed by atoms with Gasteiger partial charge in [-0.2, -0.15) is 10.2 Å². The minimum atomic E-state index is -0.301. The number of aliphatic hydroxyl groups excluding tert-OH is 1. The van der Waals surface area contributed by atoms with Gasteiger partial charge in [0.2, 0.25) is 0 Å². The molecule has 2 aromatic heterocycles. The lowest BCUT2D eigenvalue weighted by Crippen LogP contribution is -2.38. The van der Waals surface area contributed by atoms with Crippen molar-refractivity contribution in [1.29, 1.82) is 0 Å². The average molecular weight is 497 g/mol. The second kappa shape index (κ2) is 9.01. The molecular weight excluding hydrogens is 468 g/mol. The van der Waals surface area contributed by atoms with Gasteiger partial charge in [-0.3, -0.25) is 14.3 Å². The zero-order chi connectivity index (χ0) is 25.7. The number of rotatable bonds is 6. The molecule has 2 N–H and O–H groups in total. The van der Waals surface area contributed by atoms with Crippen LogP contribution < -0.4 is 15.8 Å². The van der Waals surface area contributed by atoms with Crippen molar-refractivity contribution in [3.8, 4) is 11.3 Å². The van der Waals surface area contributed by atoms with Crippen molar-refractivity contribution in [3.05, 3.63) is 87.3 Å². The number of fused-ring (bicyclic) bond motifs is 1. The monoisotopic (exact) mass is 496 g/mol. The Balaban J connectivity index is 1.38. The molecule has 2 aromatic carbocycles. The van der Waals surface area contributed by atoms with Crippen LogP contribution in [0.4, 0.5) is 17.2 Å². The maximum atomic E-state index is 13.6. The SMILES string of the molecule is Cn1ccc(Nc2cc(-c3cccc(N4CCc5cc(C6CC6)ccc5C4=O)c3CO)nn(C)c2=O)n1. The zero-order valence-corrected chi connectivity index (χ0v) is 20.8. The lowest BCUT2D eigenvalue weighted by molar-refractivity contribution is 0.0980. The second-order valence-electron chi connectivity index (χ2n) is 9.73. The van der Waals surface area contributed by atoms with Crippen LogP contribution in [0.1, 0.15) is 45.8 Å². The van der Waals surface area contributed by atoms with E-state index in [1.165, 1.54) is 23.1 Å². The highest BCUT2D eigenvalue weighted by molar-refractivity contribution is 6.09. The Bertz CT molecular complexity index is 1580. The predicted molar refractivity (Wildman–Crippen MR) is 141 cm³/mol. The number of nitrogens with one attached hydrogen (secondary N) is 1. The van der Waals surface area contributed by atoms with Crippen LogP contribution in [0.5, 0.6) is 0 Å². The van der Waals surface area contributed by atoms with Crippen molar-refractivity contribution in [2.75, 3.05) is 16.8 Å². The number of amides is 1. The van der Waals surface area contributed by atoms with Crippen molar-refractivity contribution in [3.63, 3.8) is 0 Å². The number of hydrogen-bond acceptors (Lipinski definition) is 6. The van der Waals surface area contributed by atoms with Gasteiger partial charge in [0.1, 0.15) is 5.69 Å². The Hall–Kier alpha value is -4.24. The smallest absolute Gasteiger partial charge is 0.290 e. The molecule has 0 atom stereocenters. The topological polar surface area (TPSA) is 105 Å². The third-order valence-corrected chi connectivity index (χ3v) is 7.17. The number of aromatic nitrogens is 4. The van der Waals surface area contributed by atoms with Crippen LogP contribution in [-0.2, 0) is 27.1 Å². The number of carbonyl (C=O) groups is 1. The Labute approximate surface area is 214 Å². The summed E-state index contributed by atoms with van der Waals surface area (Å²) in [6.45, 7) is 0.250. The molecule has 1 aliphatic carbocycles. The fraction of sp³-hybridized carbons (Fsp3) is 0.286. The van der Waals surface area contributed by atoms with Gasteiger partial charge < -0.3 is 15.3 Å². The van der Waals surface area contributed by atoms with Crippen molar-refractivity contribution in [2.45, 2.75) is 31.8 Å². The Morgan fingerprint density at radius 3 is 2.59 bits per heavy atom. The van der Waals surface area contributed by atoms with Gasteiger partial charge in [0, 0.05) is 49.6 Å². The number of anilines is 3. The average Bonchev–Trinajstić information content (AvgIpc) is 3.68. The van der Waals surface area contributed by atoms with E-state index in [2.05, 4.69) is 27.6 Å². The van der Waals surface area contributed by atoms with E-state index < -0.39 is 0 Å². The van der Waals surface area contributed by atoms with Crippen molar-refractivity contribution in [2.24, 2.45) is 14.1 Å². The number of benzene rings is 2. The van der Waals surface area contributed by atoms with E-state index in [1.807, 2.05) is 24.3 Å². The molecular formula is C28H28N6O3. The van der Waals surface area contributed by atoms with Gasteiger partial charge in [-0.1, -0.05) is 24.3 Å². The van der Waals surface area contributed by atoms with E-state index in [1.54, 1.807) is 42.0 Å². The number of hydrogen-bond donors (Lipinski definition) is 2. The fourth-order valence-electron chi connectivity index (χ4n) is 5.09. The molecule has 37 heavy (non-hydrogen) atoms. The molecule has 0 unspecified atom stereocenters. The number of nitrogens with zero attached hydrogens (tertiary/aromatic N) is 5. The molecule has 0 radical (unpaired) electrons. The highest BCUT2D eigenvalue weighted by atomic mass is 16.3. The lowest BCUT2D eigenvalue weighted by atomic mass is 9.93. The van der Waals surface area contributed by atoms with Crippen LogP contribution in [0.2, 0.25) is 0 Å². The molecule has 9 nitrogen and oxygen atoms in total. The largest absolute Gasteiger partial charge is 0.392 e. The Morgan fingerprint density at radius 2 is 1.86 bits per heavy atom. The summed E-state index contributed by atoms with van der Waals surface area (Å²) in [7, 11) is 3.38. The van der Waals surface area contributed by atoms with Gasteiger partial charge in [-0.15, -0.1) is 0 Å². The van der Waals surface area contributed by atoms with E-state index in [0.29, 0.717) is 52.0 Å². The van der Waals surface area contributed by atoms with Crippen LogP contribution in [0, 0.1) is 0 Å². The van der Waals surface area contributed by atoms with E-state index >= 15 is 0 Å². The van der Waals surface area contributed by atoms with Crippen molar-refractivity contribution in [1.82, 2.24) is 19.6 Å². The lowest BCUT2D eigenvalue weighted by Gasteiger charge is -2.31. The van der Waals surface area contributed by atoms with Crippen LogP contribution in [0.15, 0.2) is 59.5 Å². The molecule has 0 bridgehead atoms. The first-order valence-corrected chi connectivity index (χ1v) is 12.5. The van der Waals surface area contributed by atoms with Gasteiger partial charge in [-0.05, 0) is 54.5 Å². The molecule has 0 saturated heterocycles. The molecule has 2 aliphatic rings. The molecule has 3 heterocycles. The van der Waals surface area contributed by atoms with E-state index in [0.717, 1.165) is 12.0 Å². The summed E-state index contributed by atoms with van der Waals surface area (Å²) in [6.07, 6.45) is 4.99. The summed E-state index contributed by atoms with van der Waals surface area (Å²) in [5.41, 5.74) is 5.55. The summed E-state index contributed by atoms with van der Waals surface area (Å²) in [4.78, 5) is 28.1. The van der Waals surface area contributed by atoms with E-state index in [4.69, 9.17) is 0 Å². The molecule has 6 rings (SSSR count). The molecule has 1 amide bonds. The summed E-state index contributed by atoms with van der Waals surface area (Å²) in [5, 5.41) is 22.3. The number of carbonyl (C=O) groups excluding carboxylic acids is 1. The first kappa shape index (κ1) is 23.2. The van der Waals surface area contributed by atoms with Gasteiger partial charge in [0.05, 0.1) is 18.0 Å². The summed E-state index contributed by atoms with van der Waals surface area (Å²) in [6, 6.07) is 15.2. The first-order chi connectivity index (χ1) is 17.9. The zero-order valence-electron chi connectivity index (χ0n) is 20.8. The number of aryl methyl sites for hydroxylation is 2. The maximum absolute atomic E-state index is 13.6. The molecule has 0 spiro atoms. The molecule has 1 fully saturated rings. The number of aliphatic hydroxyl groups is 1. The van der Waals surface area contributed by atoms with Crippen LogP contribution in [0.25, 0.3) is 11.3 Å². The molecule has 1 aliphatic heterocycles. The Morgan fingerprint density at radius 1 is 1.03 bits per heavy atom.